The molecule has 5 heteroatoms. The van der Waals surface area contributed by atoms with Crippen LogP contribution in [0.1, 0.15) is 5.56 Å². The fourth-order valence-corrected chi connectivity index (χ4v) is 1.95. The minimum atomic E-state index is -0.449. The zero-order chi connectivity index (χ0) is 12.3. The lowest BCUT2D eigenvalue weighted by Crippen LogP contribution is -2.46. The summed E-state index contributed by atoms with van der Waals surface area (Å²) >= 11 is 0. The third-order valence-corrected chi connectivity index (χ3v) is 2.94. The van der Waals surface area contributed by atoms with Crippen LogP contribution >= 0.6 is 0 Å². The number of aliphatic hydroxyl groups is 1. The van der Waals surface area contributed by atoms with E-state index in [1.54, 1.807) is 0 Å². The first kappa shape index (κ1) is 12.4. The molecule has 1 N–H and O–H groups in total. The van der Waals surface area contributed by atoms with Crippen molar-refractivity contribution in [3.05, 3.63) is 35.4 Å². The molecule has 1 aliphatic heterocycles. The van der Waals surface area contributed by atoms with Gasteiger partial charge in [0, 0.05) is 18.7 Å². The van der Waals surface area contributed by atoms with Gasteiger partial charge in [-0.25, -0.2) is 8.78 Å². The van der Waals surface area contributed by atoms with Gasteiger partial charge in [0.05, 0.1) is 25.9 Å². The highest BCUT2D eigenvalue weighted by atomic mass is 19.1. The van der Waals surface area contributed by atoms with E-state index < -0.39 is 11.6 Å². The van der Waals surface area contributed by atoms with Gasteiger partial charge in [0.15, 0.2) is 0 Å². The Kier molecular flexibility index (Phi) is 4.04. The first-order valence-electron chi connectivity index (χ1n) is 5.57. The van der Waals surface area contributed by atoms with Crippen molar-refractivity contribution in [1.82, 2.24) is 4.90 Å². The van der Waals surface area contributed by atoms with Gasteiger partial charge >= 0.3 is 0 Å². The van der Waals surface area contributed by atoms with Crippen molar-refractivity contribution in [2.75, 3.05) is 26.4 Å². The van der Waals surface area contributed by atoms with Crippen LogP contribution in [0.25, 0.3) is 0 Å². The van der Waals surface area contributed by atoms with Crippen molar-refractivity contribution < 1.29 is 18.6 Å². The highest BCUT2D eigenvalue weighted by molar-refractivity contribution is 5.18. The molecule has 94 valence electrons. The largest absolute Gasteiger partial charge is 0.395 e. The van der Waals surface area contributed by atoms with Crippen LogP contribution in [0, 0.1) is 11.6 Å². The molecular weight excluding hydrogens is 228 g/mol. The summed E-state index contributed by atoms with van der Waals surface area (Å²) in [5.41, 5.74) is 0.311. The van der Waals surface area contributed by atoms with Gasteiger partial charge < -0.3 is 9.84 Å². The zero-order valence-electron chi connectivity index (χ0n) is 9.40. The molecule has 17 heavy (non-hydrogen) atoms. The van der Waals surface area contributed by atoms with Crippen LogP contribution in [0.4, 0.5) is 8.78 Å². The number of ether oxygens (including phenoxy) is 1. The van der Waals surface area contributed by atoms with Gasteiger partial charge in [0.25, 0.3) is 0 Å². The molecule has 1 fully saturated rings. The molecule has 3 nitrogen and oxygen atoms in total. The number of halogens is 2. The maximum absolute atomic E-state index is 13.5. The lowest BCUT2D eigenvalue weighted by Gasteiger charge is -2.34. The first-order chi connectivity index (χ1) is 8.20. The van der Waals surface area contributed by atoms with Gasteiger partial charge in [-0.15, -0.1) is 0 Å². The molecule has 1 saturated heterocycles. The Morgan fingerprint density at radius 2 is 2.24 bits per heavy atom. The highest BCUT2D eigenvalue weighted by Gasteiger charge is 2.23. The molecule has 0 amide bonds. The highest BCUT2D eigenvalue weighted by Crippen LogP contribution is 2.16. The monoisotopic (exact) mass is 243 g/mol. The van der Waals surface area contributed by atoms with E-state index >= 15 is 0 Å². The maximum Gasteiger partial charge on any atom is 0.127 e. The summed E-state index contributed by atoms with van der Waals surface area (Å²) in [5, 5.41) is 9.17. The van der Waals surface area contributed by atoms with Gasteiger partial charge in [-0.3, -0.25) is 4.90 Å². The van der Waals surface area contributed by atoms with Crippen molar-refractivity contribution >= 4 is 0 Å². The van der Waals surface area contributed by atoms with E-state index in [0.29, 0.717) is 25.3 Å². The number of benzene rings is 1. The Morgan fingerprint density at radius 1 is 1.41 bits per heavy atom. The van der Waals surface area contributed by atoms with Gasteiger partial charge in [-0.2, -0.15) is 0 Å². The van der Waals surface area contributed by atoms with E-state index in [9.17, 15) is 13.9 Å². The molecule has 1 aliphatic rings. The maximum atomic E-state index is 13.5. The Hall–Kier alpha value is -1.04. The summed E-state index contributed by atoms with van der Waals surface area (Å²) in [7, 11) is 0. The van der Waals surface area contributed by atoms with Crippen molar-refractivity contribution in [2.24, 2.45) is 0 Å². The van der Waals surface area contributed by atoms with Crippen LogP contribution in [-0.2, 0) is 11.3 Å². The third-order valence-electron chi connectivity index (χ3n) is 2.94. The summed E-state index contributed by atoms with van der Waals surface area (Å²) in [5.74, 6) is -0.871. The minimum Gasteiger partial charge on any atom is -0.395 e. The minimum absolute atomic E-state index is 0.0447. The molecule has 0 spiro atoms. The number of hydrogen-bond donors (Lipinski definition) is 1. The van der Waals surface area contributed by atoms with Crippen LogP contribution in [0.2, 0.25) is 0 Å². The second kappa shape index (κ2) is 5.53. The van der Waals surface area contributed by atoms with Crippen LogP contribution in [0.3, 0.4) is 0 Å². The first-order valence-corrected chi connectivity index (χ1v) is 5.57. The molecular formula is C12H15F2NO2. The standard InChI is InChI=1S/C12H15F2NO2/c13-10-1-2-12(14)9(5-10)6-15-3-4-17-8-11(15)7-16/h1-2,5,11,16H,3-4,6-8H2. The third kappa shape index (κ3) is 3.00. The Bertz CT molecular complexity index is 387. The van der Waals surface area contributed by atoms with Crippen LogP contribution in [0.5, 0.6) is 0 Å². The lowest BCUT2D eigenvalue weighted by atomic mass is 10.1. The van der Waals surface area contributed by atoms with Crippen molar-refractivity contribution in [2.45, 2.75) is 12.6 Å². The van der Waals surface area contributed by atoms with Crippen molar-refractivity contribution in [1.29, 1.82) is 0 Å². The predicted molar refractivity (Wildman–Crippen MR) is 58.5 cm³/mol. The second-order valence-electron chi connectivity index (χ2n) is 4.12. The molecule has 1 aromatic carbocycles. The van der Waals surface area contributed by atoms with E-state index in [4.69, 9.17) is 4.74 Å². The average Bonchev–Trinajstić information content (AvgIpc) is 2.34. The second-order valence-corrected chi connectivity index (χ2v) is 4.12. The average molecular weight is 243 g/mol. The number of morpholine rings is 1. The summed E-state index contributed by atoms with van der Waals surface area (Å²) < 4.78 is 31.7. The molecule has 0 aromatic heterocycles. The van der Waals surface area contributed by atoms with E-state index in [0.717, 1.165) is 12.1 Å². The topological polar surface area (TPSA) is 32.7 Å². The Morgan fingerprint density at radius 3 is 3.00 bits per heavy atom. The van der Waals surface area contributed by atoms with Gasteiger partial charge in [0.2, 0.25) is 0 Å². The summed E-state index contributed by atoms with van der Waals surface area (Å²) in [6.45, 7) is 1.83. The predicted octanol–water partition coefficient (Wildman–Crippen LogP) is 1.16. The van der Waals surface area contributed by atoms with Crippen molar-refractivity contribution in [3.8, 4) is 0 Å². The molecule has 1 unspecified atom stereocenters. The fraction of sp³-hybridized carbons (Fsp3) is 0.500. The zero-order valence-corrected chi connectivity index (χ0v) is 9.40. The number of rotatable bonds is 3. The smallest absolute Gasteiger partial charge is 0.127 e. The quantitative estimate of drug-likeness (QED) is 0.864. The molecule has 0 radical (unpaired) electrons. The number of hydrogen-bond acceptors (Lipinski definition) is 3. The molecule has 2 rings (SSSR count). The lowest BCUT2D eigenvalue weighted by molar-refractivity contribution is -0.0316. The van der Waals surface area contributed by atoms with Crippen LogP contribution in [0.15, 0.2) is 18.2 Å². The van der Waals surface area contributed by atoms with Crippen LogP contribution in [-0.4, -0.2) is 42.4 Å². The van der Waals surface area contributed by atoms with E-state index in [1.165, 1.54) is 6.07 Å². The van der Waals surface area contributed by atoms with Gasteiger partial charge in [-0.05, 0) is 18.2 Å². The van der Waals surface area contributed by atoms with E-state index in [-0.39, 0.29) is 19.2 Å². The molecule has 1 heterocycles. The molecule has 1 aromatic rings. The van der Waals surface area contributed by atoms with E-state index in [2.05, 4.69) is 0 Å². The molecule has 0 aliphatic carbocycles. The number of nitrogens with zero attached hydrogens (tertiary/aromatic N) is 1. The SMILES string of the molecule is OCC1COCCN1Cc1cc(F)ccc1F. The molecule has 1 atom stereocenters. The molecule has 0 saturated carbocycles. The normalized spacial score (nSPS) is 21.7. The Balaban J connectivity index is 2.10. The summed E-state index contributed by atoms with van der Waals surface area (Å²) in [4.78, 5) is 1.90. The fourth-order valence-electron chi connectivity index (χ4n) is 1.95. The van der Waals surface area contributed by atoms with Gasteiger partial charge in [-0.1, -0.05) is 0 Å². The summed E-state index contributed by atoms with van der Waals surface area (Å²) in [6.07, 6.45) is 0. The van der Waals surface area contributed by atoms with Gasteiger partial charge in [0.1, 0.15) is 11.6 Å². The van der Waals surface area contributed by atoms with Crippen molar-refractivity contribution in [3.63, 3.8) is 0 Å². The van der Waals surface area contributed by atoms with E-state index in [1.807, 2.05) is 4.90 Å². The Labute approximate surface area is 98.6 Å². The number of aliphatic hydroxyl groups excluding tert-OH is 1. The molecule has 0 bridgehead atoms. The summed E-state index contributed by atoms with van der Waals surface area (Å²) in [6, 6.07) is 3.27. The van der Waals surface area contributed by atoms with Crippen LogP contribution < -0.4 is 0 Å².